The van der Waals surface area contributed by atoms with Gasteiger partial charge in [-0.3, -0.25) is 9.10 Å². The number of aryl methyl sites for hydroxylation is 2. The first-order chi connectivity index (χ1) is 16.2. The Morgan fingerprint density at radius 1 is 1.06 bits per heavy atom. The highest BCUT2D eigenvalue weighted by Crippen LogP contribution is 2.30. The standard InChI is InChI=1S/C25H26BrFN2O4S/c1-18-5-11-21(12-6-18)29(34(31,32)22-13-14-24(33-2)23(26)16-22)17-25(30)28-15-3-4-19-7-9-20(27)10-8-19/h5-14,16H,3-4,15,17H2,1-2H3,(H,28,30). The van der Waals surface area contributed by atoms with E-state index in [-0.39, 0.29) is 17.3 Å². The predicted octanol–water partition coefficient (Wildman–Crippen LogP) is 4.85. The largest absolute Gasteiger partial charge is 0.496 e. The lowest BCUT2D eigenvalue weighted by atomic mass is 10.1. The van der Waals surface area contributed by atoms with Crippen LogP contribution in [-0.2, 0) is 21.2 Å². The molecular weight excluding hydrogens is 523 g/mol. The molecule has 34 heavy (non-hydrogen) atoms. The van der Waals surface area contributed by atoms with Gasteiger partial charge >= 0.3 is 0 Å². The molecule has 0 unspecified atom stereocenters. The van der Waals surface area contributed by atoms with Crippen LogP contribution in [-0.4, -0.2) is 34.5 Å². The number of rotatable bonds is 10. The molecule has 0 radical (unpaired) electrons. The number of carbonyl (C=O) groups is 1. The molecule has 0 spiro atoms. The number of halogens is 2. The first-order valence-corrected chi connectivity index (χ1v) is 12.9. The number of methoxy groups -OCH3 is 1. The number of nitrogens with zero attached hydrogens (tertiary/aromatic N) is 1. The summed E-state index contributed by atoms with van der Waals surface area (Å²) >= 11 is 3.32. The number of sulfonamides is 1. The Kier molecular flexibility index (Phi) is 8.68. The zero-order chi connectivity index (χ0) is 24.7. The first kappa shape index (κ1) is 25.7. The number of hydrogen-bond donors (Lipinski definition) is 1. The average molecular weight is 549 g/mol. The van der Waals surface area contributed by atoms with E-state index in [1.54, 1.807) is 42.5 Å². The lowest BCUT2D eigenvalue weighted by molar-refractivity contribution is -0.119. The van der Waals surface area contributed by atoms with Crippen molar-refractivity contribution in [2.75, 3.05) is 24.5 Å². The summed E-state index contributed by atoms with van der Waals surface area (Å²) in [6, 6.07) is 17.6. The van der Waals surface area contributed by atoms with Gasteiger partial charge in [0.15, 0.2) is 0 Å². The van der Waals surface area contributed by atoms with Crippen LogP contribution in [0, 0.1) is 12.7 Å². The highest BCUT2D eigenvalue weighted by atomic mass is 79.9. The van der Waals surface area contributed by atoms with Gasteiger partial charge in [-0.2, -0.15) is 0 Å². The van der Waals surface area contributed by atoms with E-state index in [2.05, 4.69) is 21.2 Å². The van der Waals surface area contributed by atoms with Gasteiger partial charge in [0, 0.05) is 6.54 Å². The topological polar surface area (TPSA) is 75.7 Å². The lowest BCUT2D eigenvalue weighted by Crippen LogP contribution is -2.41. The van der Waals surface area contributed by atoms with Crippen molar-refractivity contribution in [2.24, 2.45) is 0 Å². The molecule has 0 aliphatic heterocycles. The van der Waals surface area contributed by atoms with Crippen LogP contribution in [0.15, 0.2) is 76.1 Å². The van der Waals surface area contributed by atoms with Crippen LogP contribution >= 0.6 is 15.9 Å². The van der Waals surface area contributed by atoms with Crippen molar-refractivity contribution >= 4 is 37.5 Å². The van der Waals surface area contributed by atoms with Crippen LogP contribution in [0.1, 0.15) is 17.5 Å². The number of benzene rings is 3. The third-order valence-corrected chi connectivity index (χ3v) is 7.59. The molecule has 1 N–H and O–H groups in total. The smallest absolute Gasteiger partial charge is 0.264 e. The maximum absolute atomic E-state index is 13.5. The minimum Gasteiger partial charge on any atom is -0.496 e. The van der Waals surface area contributed by atoms with Gasteiger partial charge in [0.2, 0.25) is 5.91 Å². The van der Waals surface area contributed by atoms with Gasteiger partial charge in [0.1, 0.15) is 18.1 Å². The highest BCUT2D eigenvalue weighted by molar-refractivity contribution is 9.10. The molecule has 0 fully saturated rings. The normalized spacial score (nSPS) is 11.2. The molecule has 1 amide bonds. The van der Waals surface area contributed by atoms with E-state index in [4.69, 9.17) is 4.74 Å². The summed E-state index contributed by atoms with van der Waals surface area (Å²) < 4.78 is 46.8. The molecule has 0 aromatic heterocycles. The molecule has 6 nitrogen and oxygen atoms in total. The Bertz CT molecular complexity index is 1230. The molecule has 0 atom stereocenters. The third kappa shape index (κ3) is 6.57. The van der Waals surface area contributed by atoms with Crippen molar-refractivity contribution < 1.29 is 22.3 Å². The number of nitrogens with one attached hydrogen (secondary N) is 1. The molecular formula is C25H26BrFN2O4S. The summed E-state index contributed by atoms with van der Waals surface area (Å²) in [7, 11) is -2.54. The summed E-state index contributed by atoms with van der Waals surface area (Å²) in [6.07, 6.45) is 1.31. The van der Waals surface area contributed by atoms with Crippen LogP contribution in [0.3, 0.4) is 0 Å². The Morgan fingerprint density at radius 3 is 2.35 bits per heavy atom. The van der Waals surface area contributed by atoms with E-state index in [0.717, 1.165) is 15.4 Å². The van der Waals surface area contributed by atoms with Crippen molar-refractivity contribution in [1.29, 1.82) is 0 Å². The molecule has 0 saturated carbocycles. The van der Waals surface area contributed by atoms with Gasteiger partial charge in [0.25, 0.3) is 10.0 Å². The van der Waals surface area contributed by atoms with E-state index in [1.165, 1.54) is 31.4 Å². The van der Waals surface area contributed by atoms with Crippen molar-refractivity contribution in [1.82, 2.24) is 5.32 Å². The molecule has 0 bridgehead atoms. The minimum atomic E-state index is -4.04. The summed E-state index contributed by atoms with van der Waals surface area (Å²) in [5.74, 6) is -0.214. The summed E-state index contributed by atoms with van der Waals surface area (Å²) in [5, 5.41) is 2.78. The Morgan fingerprint density at radius 2 is 1.74 bits per heavy atom. The summed E-state index contributed by atoms with van der Waals surface area (Å²) in [6.45, 7) is 1.90. The third-order valence-electron chi connectivity index (χ3n) is 5.20. The molecule has 0 saturated heterocycles. The Labute approximate surface area is 207 Å². The van der Waals surface area contributed by atoms with Crippen LogP contribution in [0.25, 0.3) is 0 Å². The number of ether oxygens (including phenoxy) is 1. The first-order valence-electron chi connectivity index (χ1n) is 10.6. The van der Waals surface area contributed by atoms with E-state index >= 15 is 0 Å². The van der Waals surface area contributed by atoms with Gasteiger partial charge in [-0.1, -0.05) is 29.8 Å². The maximum atomic E-state index is 13.5. The molecule has 3 aromatic rings. The Balaban J connectivity index is 1.74. The zero-order valence-corrected chi connectivity index (χ0v) is 21.3. The number of hydrogen-bond acceptors (Lipinski definition) is 4. The van der Waals surface area contributed by atoms with Gasteiger partial charge in [-0.05, 0) is 83.7 Å². The zero-order valence-electron chi connectivity index (χ0n) is 18.9. The summed E-state index contributed by atoms with van der Waals surface area (Å²) in [4.78, 5) is 12.7. The van der Waals surface area contributed by atoms with E-state index < -0.39 is 15.9 Å². The molecule has 3 rings (SSSR count). The molecule has 3 aromatic carbocycles. The number of anilines is 1. The second kappa shape index (κ2) is 11.5. The van der Waals surface area contributed by atoms with Gasteiger partial charge < -0.3 is 10.1 Å². The average Bonchev–Trinajstić information content (AvgIpc) is 2.82. The van der Waals surface area contributed by atoms with Gasteiger partial charge in [-0.25, -0.2) is 12.8 Å². The predicted molar refractivity (Wildman–Crippen MR) is 134 cm³/mol. The molecule has 0 aliphatic rings. The number of amides is 1. The SMILES string of the molecule is COc1ccc(S(=O)(=O)N(CC(=O)NCCCc2ccc(F)cc2)c2ccc(C)cc2)cc1Br. The lowest BCUT2D eigenvalue weighted by Gasteiger charge is -2.24. The van der Waals surface area contributed by atoms with Gasteiger partial charge in [0.05, 0.1) is 22.2 Å². The minimum absolute atomic E-state index is 0.0323. The monoisotopic (exact) mass is 548 g/mol. The van der Waals surface area contributed by atoms with Crippen LogP contribution in [0.5, 0.6) is 5.75 Å². The molecule has 9 heteroatoms. The van der Waals surface area contributed by atoms with Crippen molar-refractivity contribution in [3.63, 3.8) is 0 Å². The molecule has 0 aliphatic carbocycles. The van der Waals surface area contributed by atoms with Crippen LogP contribution in [0.2, 0.25) is 0 Å². The second-order valence-corrected chi connectivity index (χ2v) is 10.4. The van der Waals surface area contributed by atoms with E-state index in [0.29, 0.717) is 35.3 Å². The van der Waals surface area contributed by atoms with Crippen molar-refractivity contribution in [3.05, 3.63) is 88.1 Å². The van der Waals surface area contributed by atoms with E-state index in [9.17, 15) is 17.6 Å². The highest BCUT2D eigenvalue weighted by Gasteiger charge is 2.28. The molecule has 180 valence electrons. The summed E-state index contributed by atoms with van der Waals surface area (Å²) in [5.41, 5.74) is 2.32. The fourth-order valence-corrected chi connectivity index (χ4v) is 5.46. The number of carbonyl (C=O) groups excluding carboxylic acids is 1. The second-order valence-electron chi connectivity index (χ2n) is 7.72. The fraction of sp³-hybridized carbons (Fsp3) is 0.240. The van der Waals surface area contributed by atoms with Gasteiger partial charge in [-0.15, -0.1) is 0 Å². The van der Waals surface area contributed by atoms with E-state index in [1.807, 2.05) is 6.92 Å². The molecule has 0 heterocycles. The quantitative estimate of drug-likeness (QED) is 0.367. The Hall–Kier alpha value is -2.91. The fourth-order valence-electron chi connectivity index (χ4n) is 3.32. The van der Waals surface area contributed by atoms with Crippen LogP contribution < -0.4 is 14.4 Å². The maximum Gasteiger partial charge on any atom is 0.264 e. The van der Waals surface area contributed by atoms with Crippen molar-refractivity contribution in [2.45, 2.75) is 24.7 Å². The van der Waals surface area contributed by atoms with Crippen LogP contribution in [0.4, 0.5) is 10.1 Å². The van der Waals surface area contributed by atoms with Crippen molar-refractivity contribution in [3.8, 4) is 5.75 Å².